The maximum Gasteiger partial charge on any atom is 0.318 e. The number of urea groups is 1. The average molecular weight is 389 g/mol. The fourth-order valence-electron chi connectivity index (χ4n) is 4.49. The van der Waals surface area contributed by atoms with Crippen LogP contribution in [-0.4, -0.2) is 70.3 Å². The number of nitrogens with one attached hydrogen (secondary N) is 1. The van der Waals surface area contributed by atoms with Gasteiger partial charge in [0, 0.05) is 18.6 Å². The van der Waals surface area contributed by atoms with E-state index in [9.17, 15) is 14.7 Å². The van der Waals surface area contributed by atoms with Gasteiger partial charge in [-0.2, -0.15) is 0 Å². The molecule has 1 aromatic carbocycles. The van der Waals surface area contributed by atoms with Crippen LogP contribution in [0.4, 0.5) is 4.79 Å². The molecular weight excluding hydrogens is 358 g/mol. The van der Waals surface area contributed by atoms with E-state index < -0.39 is 5.97 Å². The number of carbonyl (C=O) groups excluding carboxylic acids is 1. The number of rotatable bonds is 8. The molecule has 2 amide bonds. The summed E-state index contributed by atoms with van der Waals surface area (Å²) in [7, 11) is 0. The summed E-state index contributed by atoms with van der Waals surface area (Å²) < 4.78 is 0. The minimum absolute atomic E-state index is 0.00729. The number of benzene rings is 1. The Morgan fingerprint density at radius 1 is 1.25 bits per heavy atom. The van der Waals surface area contributed by atoms with Gasteiger partial charge in [0.2, 0.25) is 0 Å². The van der Waals surface area contributed by atoms with Gasteiger partial charge < -0.3 is 20.4 Å². The van der Waals surface area contributed by atoms with Crippen molar-refractivity contribution in [2.24, 2.45) is 0 Å². The van der Waals surface area contributed by atoms with E-state index in [1.807, 2.05) is 24.0 Å². The zero-order chi connectivity index (χ0) is 20.1. The summed E-state index contributed by atoms with van der Waals surface area (Å²) in [6, 6.07) is 8.35. The first-order valence-electron chi connectivity index (χ1n) is 10.2. The summed E-state index contributed by atoms with van der Waals surface area (Å²) in [5.41, 5.74) is 2.47. The van der Waals surface area contributed by atoms with Gasteiger partial charge >= 0.3 is 12.0 Å². The number of amides is 2. The molecule has 1 aromatic rings. The molecule has 1 saturated carbocycles. The minimum Gasteiger partial charge on any atom is -0.480 e. The average Bonchev–Trinajstić information content (AvgIpc) is 2.66. The van der Waals surface area contributed by atoms with Crippen molar-refractivity contribution in [1.29, 1.82) is 0 Å². The molecule has 3 N–H and O–H groups in total. The van der Waals surface area contributed by atoms with E-state index in [1.54, 1.807) is 4.90 Å². The number of nitrogens with zero attached hydrogens (tertiary/aromatic N) is 2. The predicted molar refractivity (Wildman–Crippen MR) is 106 cm³/mol. The standard InChI is InChI=1S/C21H31N3O4/c1-2-23(14-20(26)27)17-12-16(13-17)22-21(28)24(10-11-25)19-9-5-7-15-6-3-4-8-18(15)19/h3-4,6,8,16-17,19,25H,2,5,7,9-14H2,1H3,(H,22,28)(H,26,27). The SMILES string of the molecule is CCN(CC(=O)O)C1CC(NC(=O)N(CCO)C2CCCc3ccccc32)C1. The fraction of sp³-hybridized carbons (Fsp3) is 0.619. The molecule has 0 spiro atoms. The molecule has 0 aliphatic heterocycles. The van der Waals surface area contributed by atoms with Crippen LogP contribution >= 0.6 is 0 Å². The summed E-state index contributed by atoms with van der Waals surface area (Å²) >= 11 is 0. The van der Waals surface area contributed by atoms with Crippen LogP contribution < -0.4 is 5.32 Å². The second kappa shape index (κ2) is 9.39. The van der Waals surface area contributed by atoms with Crippen LogP contribution in [0.2, 0.25) is 0 Å². The molecule has 7 nitrogen and oxygen atoms in total. The lowest BCUT2D eigenvalue weighted by molar-refractivity contribution is -0.139. The molecule has 3 rings (SSSR count). The molecule has 28 heavy (non-hydrogen) atoms. The van der Waals surface area contributed by atoms with Crippen molar-refractivity contribution in [3.63, 3.8) is 0 Å². The first-order chi connectivity index (χ1) is 13.5. The molecule has 154 valence electrons. The van der Waals surface area contributed by atoms with E-state index in [4.69, 9.17) is 5.11 Å². The quantitative estimate of drug-likeness (QED) is 0.632. The number of hydrogen-bond donors (Lipinski definition) is 3. The Morgan fingerprint density at radius 2 is 2.00 bits per heavy atom. The number of aryl methyl sites for hydroxylation is 1. The molecule has 0 saturated heterocycles. The lowest BCUT2D eigenvalue weighted by Gasteiger charge is -2.43. The maximum absolute atomic E-state index is 13.0. The largest absolute Gasteiger partial charge is 0.480 e. The third kappa shape index (κ3) is 4.64. The van der Waals surface area contributed by atoms with E-state index in [-0.39, 0.29) is 37.3 Å². The highest BCUT2D eigenvalue weighted by molar-refractivity contribution is 5.75. The lowest BCUT2D eigenvalue weighted by Crippen LogP contribution is -2.57. The Kier molecular flexibility index (Phi) is 6.91. The van der Waals surface area contributed by atoms with Gasteiger partial charge in [0.1, 0.15) is 0 Å². The number of aliphatic hydroxyl groups is 1. The first-order valence-corrected chi connectivity index (χ1v) is 10.2. The topological polar surface area (TPSA) is 93.1 Å². The summed E-state index contributed by atoms with van der Waals surface area (Å²) in [5, 5.41) is 21.6. The van der Waals surface area contributed by atoms with Gasteiger partial charge in [-0.1, -0.05) is 31.2 Å². The van der Waals surface area contributed by atoms with Gasteiger partial charge in [-0.15, -0.1) is 0 Å². The molecule has 0 heterocycles. The summed E-state index contributed by atoms with van der Waals surface area (Å²) in [5.74, 6) is -0.820. The van der Waals surface area contributed by atoms with Crippen molar-refractivity contribution < 1.29 is 19.8 Å². The van der Waals surface area contributed by atoms with Gasteiger partial charge in [0.25, 0.3) is 0 Å². The summed E-state index contributed by atoms with van der Waals surface area (Å²) in [6.45, 7) is 2.92. The van der Waals surface area contributed by atoms with Crippen LogP contribution in [-0.2, 0) is 11.2 Å². The van der Waals surface area contributed by atoms with Crippen molar-refractivity contribution in [1.82, 2.24) is 15.1 Å². The number of hydrogen-bond acceptors (Lipinski definition) is 4. The van der Waals surface area contributed by atoms with Crippen LogP contribution in [0.15, 0.2) is 24.3 Å². The first kappa shape index (κ1) is 20.6. The molecule has 0 radical (unpaired) electrons. The summed E-state index contributed by atoms with van der Waals surface area (Å²) in [4.78, 5) is 27.6. The van der Waals surface area contributed by atoms with Crippen molar-refractivity contribution in [3.8, 4) is 0 Å². The molecule has 1 unspecified atom stereocenters. The number of fused-ring (bicyclic) bond motifs is 1. The number of aliphatic carboxylic acids is 1. The van der Waals surface area contributed by atoms with E-state index in [2.05, 4.69) is 17.4 Å². The van der Waals surface area contributed by atoms with Gasteiger partial charge in [0.05, 0.1) is 19.2 Å². The minimum atomic E-state index is -0.820. The van der Waals surface area contributed by atoms with E-state index in [1.165, 1.54) is 11.1 Å². The fourth-order valence-corrected chi connectivity index (χ4v) is 4.49. The van der Waals surface area contributed by atoms with Crippen molar-refractivity contribution in [2.75, 3.05) is 26.2 Å². The number of likely N-dealkylation sites (N-methyl/N-ethyl adjacent to an activating group) is 1. The third-order valence-corrected chi connectivity index (χ3v) is 6.02. The summed E-state index contributed by atoms with van der Waals surface area (Å²) in [6.07, 6.45) is 4.49. The predicted octanol–water partition coefficient (Wildman–Crippen LogP) is 2.01. The van der Waals surface area contributed by atoms with Crippen LogP contribution in [0.3, 0.4) is 0 Å². The van der Waals surface area contributed by atoms with Crippen LogP contribution in [0.25, 0.3) is 0 Å². The Hall–Kier alpha value is -2.12. The lowest BCUT2D eigenvalue weighted by atomic mass is 9.85. The number of carbonyl (C=O) groups is 2. The normalized spacial score (nSPS) is 23.6. The molecule has 2 aliphatic carbocycles. The molecule has 0 bridgehead atoms. The Bertz CT molecular complexity index is 690. The van der Waals surface area contributed by atoms with Gasteiger partial charge in [-0.3, -0.25) is 9.69 Å². The van der Waals surface area contributed by atoms with Crippen molar-refractivity contribution in [3.05, 3.63) is 35.4 Å². The Balaban J connectivity index is 1.60. The van der Waals surface area contributed by atoms with E-state index >= 15 is 0 Å². The van der Waals surface area contributed by atoms with E-state index in [0.29, 0.717) is 13.1 Å². The second-order valence-corrected chi connectivity index (χ2v) is 7.75. The zero-order valence-electron chi connectivity index (χ0n) is 16.5. The number of carboxylic acids is 1. The van der Waals surface area contributed by atoms with Crippen LogP contribution in [0.1, 0.15) is 49.8 Å². The van der Waals surface area contributed by atoms with Crippen LogP contribution in [0.5, 0.6) is 0 Å². The highest BCUT2D eigenvalue weighted by atomic mass is 16.4. The highest BCUT2D eigenvalue weighted by Gasteiger charge is 2.37. The maximum atomic E-state index is 13.0. The van der Waals surface area contributed by atoms with Gasteiger partial charge in [-0.25, -0.2) is 4.79 Å². The van der Waals surface area contributed by atoms with E-state index in [0.717, 1.165) is 32.1 Å². The highest BCUT2D eigenvalue weighted by Crippen LogP contribution is 2.34. The zero-order valence-corrected chi connectivity index (χ0v) is 16.5. The van der Waals surface area contributed by atoms with Gasteiger partial charge in [-0.05, 0) is 49.8 Å². The number of aliphatic hydroxyl groups excluding tert-OH is 1. The number of carboxylic acid groups (broad SMARTS) is 1. The Morgan fingerprint density at radius 3 is 2.68 bits per heavy atom. The second-order valence-electron chi connectivity index (χ2n) is 7.75. The third-order valence-electron chi connectivity index (χ3n) is 6.02. The molecule has 7 heteroatoms. The molecule has 1 fully saturated rings. The molecule has 1 atom stereocenters. The van der Waals surface area contributed by atoms with Crippen LogP contribution in [0, 0.1) is 0 Å². The van der Waals surface area contributed by atoms with Gasteiger partial charge in [0.15, 0.2) is 0 Å². The Labute approximate surface area is 166 Å². The monoisotopic (exact) mass is 389 g/mol. The molecule has 0 aromatic heterocycles. The molecular formula is C21H31N3O4. The molecule has 2 aliphatic rings. The smallest absolute Gasteiger partial charge is 0.318 e. The van der Waals surface area contributed by atoms with Crippen molar-refractivity contribution in [2.45, 2.75) is 57.2 Å². The van der Waals surface area contributed by atoms with Crippen molar-refractivity contribution >= 4 is 12.0 Å².